The highest BCUT2D eigenvalue weighted by molar-refractivity contribution is 7.15. The number of thiophene rings is 1. The van der Waals surface area contributed by atoms with Crippen LogP contribution in [0.1, 0.15) is 10.4 Å². The van der Waals surface area contributed by atoms with E-state index in [2.05, 4.69) is 5.32 Å². The van der Waals surface area contributed by atoms with Gasteiger partial charge in [0.05, 0.1) is 24.8 Å². The first-order chi connectivity index (χ1) is 9.62. The van der Waals surface area contributed by atoms with E-state index >= 15 is 0 Å². The van der Waals surface area contributed by atoms with E-state index in [9.17, 15) is 4.79 Å². The first-order valence-electron chi connectivity index (χ1n) is 5.93. The molecule has 2 rings (SSSR count). The zero-order valence-electron chi connectivity index (χ0n) is 11.5. The van der Waals surface area contributed by atoms with Crippen LogP contribution >= 0.6 is 11.3 Å². The monoisotopic (exact) mass is 292 g/mol. The number of carbonyl (C=O) groups excluding carboxylic acids is 1. The summed E-state index contributed by atoms with van der Waals surface area (Å²) in [5.41, 5.74) is 8.01. The molecule has 0 saturated heterocycles. The molecule has 5 nitrogen and oxygen atoms in total. The average Bonchev–Trinajstić information content (AvgIpc) is 2.87. The first kappa shape index (κ1) is 14.2. The van der Waals surface area contributed by atoms with Crippen LogP contribution in [0.25, 0.3) is 11.1 Å². The third-order valence-electron chi connectivity index (χ3n) is 2.97. The normalized spacial score (nSPS) is 10.2. The zero-order chi connectivity index (χ0) is 14.7. The molecule has 0 radical (unpaired) electrons. The van der Waals surface area contributed by atoms with Crippen molar-refractivity contribution < 1.29 is 14.3 Å². The summed E-state index contributed by atoms with van der Waals surface area (Å²) in [5.74, 6) is 1.05. The van der Waals surface area contributed by atoms with Crippen molar-refractivity contribution in [1.82, 2.24) is 5.32 Å². The minimum absolute atomic E-state index is 0.200. The van der Waals surface area contributed by atoms with Gasteiger partial charge in [-0.2, -0.15) is 0 Å². The maximum atomic E-state index is 11.9. The van der Waals surface area contributed by atoms with Gasteiger partial charge < -0.3 is 20.5 Å². The van der Waals surface area contributed by atoms with Crippen LogP contribution in [-0.4, -0.2) is 27.2 Å². The van der Waals surface area contributed by atoms with E-state index in [1.54, 1.807) is 27.3 Å². The van der Waals surface area contributed by atoms with Crippen molar-refractivity contribution in [1.29, 1.82) is 0 Å². The van der Waals surface area contributed by atoms with Crippen LogP contribution in [-0.2, 0) is 0 Å². The molecule has 0 saturated carbocycles. The van der Waals surface area contributed by atoms with E-state index in [1.165, 1.54) is 11.3 Å². The summed E-state index contributed by atoms with van der Waals surface area (Å²) in [6.45, 7) is 0. The Hall–Kier alpha value is -2.21. The van der Waals surface area contributed by atoms with Gasteiger partial charge in [0.15, 0.2) is 11.5 Å². The Balaban J connectivity index is 2.55. The van der Waals surface area contributed by atoms with Crippen LogP contribution < -0.4 is 20.5 Å². The summed E-state index contributed by atoms with van der Waals surface area (Å²) >= 11 is 1.34. The fraction of sp³-hybridized carbons (Fsp3) is 0.214. The summed E-state index contributed by atoms with van der Waals surface area (Å²) in [7, 11) is 4.73. The number of hydrogen-bond donors (Lipinski definition) is 2. The van der Waals surface area contributed by atoms with Gasteiger partial charge in [-0.15, -0.1) is 11.3 Å². The molecule has 0 unspecified atom stereocenters. The van der Waals surface area contributed by atoms with Crippen LogP contribution in [0.15, 0.2) is 23.6 Å². The first-order valence-corrected chi connectivity index (χ1v) is 6.81. The van der Waals surface area contributed by atoms with Gasteiger partial charge in [-0.05, 0) is 17.7 Å². The lowest BCUT2D eigenvalue weighted by molar-refractivity contribution is 0.0965. The third kappa shape index (κ3) is 2.42. The van der Waals surface area contributed by atoms with E-state index in [-0.39, 0.29) is 5.91 Å². The van der Waals surface area contributed by atoms with Gasteiger partial charge in [0.25, 0.3) is 5.91 Å². The number of rotatable bonds is 4. The van der Waals surface area contributed by atoms with Crippen molar-refractivity contribution in [3.05, 3.63) is 29.1 Å². The van der Waals surface area contributed by atoms with E-state index in [1.807, 2.05) is 17.5 Å². The summed E-state index contributed by atoms with van der Waals surface area (Å²) in [6.07, 6.45) is 0. The molecule has 20 heavy (non-hydrogen) atoms. The number of ether oxygens (including phenoxy) is 2. The highest BCUT2D eigenvalue weighted by atomic mass is 32.1. The van der Waals surface area contributed by atoms with Crippen molar-refractivity contribution in [2.24, 2.45) is 0 Å². The molecule has 6 heteroatoms. The number of carbonyl (C=O) groups is 1. The van der Waals surface area contributed by atoms with E-state index < -0.39 is 0 Å². The summed E-state index contributed by atoms with van der Waals surface area (Å²) < 4.78 is 10.5. The van der Waals surface area contributed by atoms with Crippen LogP contribution in [0.3, 0.4) is 0 Å². The molecule has 0 aliphatic heterocycles. The molecule has 106 valence electrons. The number of anilines is 1. The quantitative estimate of drug-likeness (QED) is 0.907. The Morgan fingerprint density at radius 3 is 2.55 bits per heavy atom. The lowest BCUT2D eigenvalue weighted by atomic mass is 10.0. The highest BCUT2D eigenvalue weighted by Crippen LogP contribution is 2.37. The number of nitrogens with two attached hydrogens (primary N) is 1. The van der Waals surface area contributed by atoms with E-state index in [0.29, 0.717) is 22.1 Å². The molecule has 2 aromatic rings. The Kier molecular flexibility index (Phi) is 4.14. The molecule has 0 bridgehead atoms. The highest BCUT2D eigenvalue weighted by Gasteiger charge is 2.18. The van der Waals surface area contributed by atoms with Gasteiger partial charge in [0.1, 0.15) is 0 Å². The number of hydrogen-bond acceptors (Lipinski definition) is 5. The van der Waals surface area contributed by atoms with Crippen molar-refractivity contribution in [2.45, 2.75) is 0 Å². The number of benzene rings is 1. The predicted octanol–water partition coefficient (Wildman–Crippen LogP) is 2.37. The molecular weight excluding hydrogens is 276 g/mol. The molecule has 1 aromatic carbocycles. The zero-order valence-corrected chi connectivity index (χ0v) is 12.3. The Morgan fingerprint density at radius 1 is 1.25 bits per heavy atom. The van der Waals surface area contributed by atoms with Gasteiger partial charge in [-0.3, -0.25) is 4.79 Å². The van der Waals surface area contributed by atoms with Gasteiger partial charge >= 0.3 is 0 Å². The molecule has 0 aliphatic carbocycles. The molecule has 0 spiro atoms. The minimum atomic E-state index is -0.200. The van der Waals surface area contributed by atoms with E-state index in [4.69, 9.17) is 15.2 Å². The lowest BCUT2D eigenvalue weighted by Crippen LogP contribution is -2.19. The largest absolute Gasteiger partial charge is 0.493 e. The van der Waals surface area contributed by atoms with Gasteiger partial charge in [0, 0.05) is 18.0 Å². The maximum Gasteiger partial charge on any atom is 0.254 e. The van der Waals surface area contributed by atoms with Crippen molar-refractivity contribution in [3.63, 3.8) is 0 Å². The van der Waals surface area contributed by atoms with Gasteiger partial charge in [0.2, 0.25) is 0 Å². The SMILES string of the molecule is CNC(=O)c1c(-c2ccc(OC)c(OC)c2)csc1N. The Bertz CT molecular complexity index is 637. The van der Waals surface area contributed by atoms with Crippen molar-refractivity contribution >= 4 is 22.2 Å². The molecule has 1 aromatic heterocycles. The van der Waals surface area contributed by atoms with Gasteiger partial charge in [-0.25, -0.2) is 0 Å². The Labute approximate surface area is 121 Å². The summed E-state index contributed by atoms with van der Waals surface area (Å²) in [4.78, 5) is 11.9. The number of nitrogen functional groups attached to an aromatic ring is 1. The second-order valence-corrected chi connectivity index (χ2v) is 4.95. The molecule has 1 amide bonds. The summed E-state index contributed by atoms with van der Waals surface area (Å²) in [6, 6.07) is 5.50. The molecule has 0 atom stereocenters. The number of nitrogens with one attached hydrogen (secondary N) is 1. The van der Waals surface area contributed by atoms with Crippen molar-refractivity contribution in [3.8, 4) is 22.6 Å². The molecule has 0 fully saturated rings. The van der Waals surface area contributed by atoms with Crippen LogP contribution in [0.4, 0.5) is 5.00 Å². The van der Waals surface area contributed by atoms with Crippen LogP contribution in [0, 0.1) is 0 Å². The number of amides is 1. The predicted molar refractivity (Wildman–Crippen MR) is 80.7 cm³/mol. The standard InChI is InChI=1S/C14H16N2O3S/c1-16-14(17)12-9(7-20-13(12)15)8-4-5-10(18-2)11(6-8)19-3/h4-7H,15H2,1-3H3,(H,16,17). The van der Waals surface area contributed by atoms with Crippen LogP contribution in [0.2, 0.25) is 0 Å². The topological polar surface area (TPSA) is 73.6 Å². The lowest BCUT2D eigenvalue weighted by Gasteiger charge is -2.10. The number of methoxy groups -OCH3 is 2. The van der Waals surface area contributed by atoms with Gasteiger partial charge in [-0.1, -0.05) is 6.07 Å². The minimum Gasteiger partial charge on any atom is -0.493 e. The Morgan fingerprint density at radius 2 is 1.95 bits per heavy atom. The molecular formula is C14H16N2O3S. The van der Waals surface area contributed by atoms with E-state index in [0.717, 1.165) is 11.1 Å². The molecule has 3 N–H and O–H groups in total. The van der Waals surface area contributed by atoms with Crippen molar-refractivity contribution in [2.75, 3.05) is 27.0 Å². The second-order valence-electron chi connectivity index (χ2n) is 4.04. The summed E-state index contributed by atoms with van der Waals surface area (Å²) in [5, 5.41) is 4.96. The molecule has 1 heterocycles. The molecule has 0 aliphatic rings. The fourth-order valence-corrected chi connectivity index (χ4v) is 2.77. The van der Waals surface area contributed by atoms with Crippen LogP contribution in [0.5, 0.6) is 11.5 Å². The maximum absolute atomic E-state index is 11.9. The average molecular weight is 292 g/mol. The second kappa shape index (κ2) is 5.83. The fourth-order valence-electron chi connectivity index (χ4n) is 1.95. The third-order valence-corrected chi connectivity index (χ3v) is 3.78. The smallest absolute Gasteiger partial charge is 0.254 e.